The van der Waals surface area contributed by atoms with Crippen molar-refractivity contribution in [1.29, 1.82) is 0 Å². The molecule has 1 fully saturated rings. The molecule has 0 unspecified atom stereocenters. The Bertz CT molecular complexity index is 842. The molecule has 2 heterocycles. The summed E-state index contributed by atoms with van der Waals surface area (Å²) in [7, 11) is 1.75. The van der Waals surface area contributed by atoms with Gasteiger partial charge in [0, 0.05) is 57.9 Å². The van der Waals surface area contributed by atoms with E-state index in [1.807, 2.05) is 24.1 Å². The topological polar surface area (TPSA) is 43.8 Å². The summed E-state index contributed by atoms with van der Waals surface area (Å²) in [5, 5.41) is 3.39. The fraction of sp³-hybridized carbons (Fsp3) is 0.429. The van der Waals surface area contributed by atoms with Crippen molar-refractivity contribution >= 4 is 11.6 Å². The average Bonchev–Trinajstić information content (AvgIpc) is 2.72. The Hall–Kier alpha value is -2.77. The van der Waals surface area contributed by atoms with Crippen LogP contribution in [0, 0.1) is 6.92 Å². The molecule has 1 saturated heterocycles. The number of aliphatic imine (C=N–C) groups is 1. The van der Waals surface area contributed by atoms with Crippen molar-refractivity contribution in [2.45, 2.75) is 19.5 Å². The van der Waals surface area contributed by atoms with Gasteiger partial charge in [-0.15, -0.1) is 0 Å². The molecule has 0 saturated carbocycles. The number of hydrogen-bond acceptors (Lipinski definition) is 3. The van der Waals surface area contributed by atoms with Crippen LogP contribution in [0.4, 0.5) is 18.9 Å². The highest BCUT2D eigenvalue weighted by molar-refractivity contribution is 5.80. The van der Waals surface area contributed by atoms with E-state index in [1.54, 1.807) is 19.3 Å². The first kappa shape index (κ1) is 21.0. The Labute approximate surface area is 169 Å². The van der Waals surface area contributed by atoms with Gasteiger partial charge in [-0.05, 0) is 48.7 Å². The molecular formula is C21H26F3N5. The molecule has 0 amide bonds. The first-order valence-corrected chi connectivity index (χ1v) is 9.66. The van der Waals surface area contributed by atoms with Crippen molar-refractivity contribution in [2.24, 2.45) is 4.99 Å². The van der Waals surface area contributed by atoms with E-state index in [1.165, 1.54) is 23.3 Å². The second kappa shape index (κ2) is 9.15. The Morgan fingerprint density at radius 1 is 1.17 bits per heavy atom. The summed E-state index contributed by atoms with van der Waals surface area (Å²) in [4.78, 5) is 12.6. The number of aromatic nitrogens is 1. The molecule has 0 atom stereocenters. The Kier molecular flexibility index (Phi) is 6.61. The highest BCUT2D eigenvalue weighted by Gasteiger charge is 2.31. The summed E-state index contributed by atoms with van der Waals surface area (Å²) in [6.07, 6.45) is 0.204. The third-order valence-electron chi connectivity index (χ3n) is 5.14. The first-order valence-electron chi connectivity index (χ1n) is 9.66. The van der Waals surface area contributed by atoms with Crippen LogP contribution in [0.5, 0.6) is 0 Å². The minimum atomic E-state index is -4.32. The van der Waals surface area contributed by atoms with Crippen molar-refractivity contribution in [3.8, 4) is 0 Å². The van der Waals surface area contributed by atoms with Crippen LogP contribution in [-0.4, -0.2) is 55.6 Å². The van der Waals surface area contributed by atoms with Gasteiger partial charge in [-0.2, -0.15) is 13.2 Å². The molecule has 5 nitrogen and oxygen atoms in total. The van der Waals surface area contributed by atoms with E-state index in [-0.39, 0.29) is 0 Å². The molecule has 1 N–H and O–H groups in total. The van der Waals surface area contributed by atoms with Crippen molar-refractivity contribution < 1.29 is 13.2 Å². The van der Waals surface area contributed by atoms with E-state index >= 15 is 0 Å². The molecule has 156 valence electrons. The number of pyridine rings is 1. The molecule has 1 aromatic carbocycles. The lowest BCUT2D eigenvalue weighted by Crippen LogP contribution is -2.52. The normalized spacial score (nSPS) is 15.6. The zero-order valence-electron chi connectivity index (χ0n) is 16.7. The van der Waals surface area contributed by atoms with Gasteiger partial charge in [0.15, 0.2) is 5.96 Å². The largest absolute Gasteiger partial charge is 0.416 e. The van der Waals surface area contributed by atoms with Crippen molar-refractivity contribution in [2.75, 3.05) is 44.7 Å². The smallest absolute Gasteiger partial charge is 0.368 e. The lowest BCUT2D eigenvalue weighted by atomic mass is 10.1. The molecule has 1 aromatic heterocycles. The van der Waals surface area contributed by atoms with Crippen LogP contribution in [0.25, 0.3) is 0 Å². The lowest BCUT2D eigenvalue weighted by Gasteiger charge is -2.37. The number of aryl methyl sites for hydroxylation is 1. The Morgan fingerprint density at radius 3 is 2.59 bits per heavy atom. The van der Waals surface area contributed by atoms with Crippen LogP contribution < -0.4 is 10.2 Å². The van der Waals surface area contributed by atoms with Gasteiger partial charge in [0.05, 0.1) is 5.56 Å². The van der Waals surface area contributed by atoms with Gasteiger partial charge in [0.25, 0.3) is 0 Å². The van der Waals surface area contributed by atoms with Crippen LogP contribution in [0.1, 0.15) is 16.7 Å². The number of nitrogens with zero attached hydrogens (tertiary/aromatic N) is 4. The highest BCUT2D eigenvalue weighted by atomic mass is 19.4. The number of guanidine groups is 1. The van der Waals surface area contributed by atoms with E-state index in [0.29, 0.717) is 31.9 Å². The predicted octanol–water partition coefficient (Wildman–Crippen LogP) is 3.35. The number of rotatable bonds is 4. The third kappa shape index (κ3) is 5.40. The number of piperazine rings is 1. The molecule has 1 aliphatic heterocycles. The van der Waals surface area contributed by atoms with Gasteiger partial charge in [0.1, 0.15) is 0 Å². The minimum Gasteiger partial charge on any atom is -0.368 e. The SMILES string of the molecule is CN=C(NCCc1ccncc1C)N1CCN(c2cccc(C(F)(F)F)c2)CC1. The van der Waals surface area contributed by atoms with Gasteiger partial charge in [-0.3, -0.25) is 9.98 Å². The Morgan fingerprint density at radius 2 is 1.93 bits per heavy atom. The van der Waals surface area contributed by atoms with E-state index in [0.717, 1.165) is 25.0 Å². The van der Waals surface area contributed by atoms with Gasteiger partial charge in [0.2, 0.25) is 0 Å². The number of alkyl halides is 3. The first-order chi connectivity index (χ1) is 13.9. The second-order valence-corrected chi connectivity index (χ2v) is 7.05. The molecule has 3 rings (SSSR count). The van der Waals surface area contributed by atoms with Gasteiger partial charge >= 0.3 is 6.18 Å². The quantitative estimate of drug-likeness (QED) is 0.626. The van der Waals surface area contributed by atoms with E-state index in [4.69, 9.17) is 0 Å². The molecule has 0 bridgehead atoms. The minimum absolute atomic E-state index is 0.607. The molecule has 0 aliphatic carbocycles. The highest BCUT2D eigenvalue weighted by Crippen LogP contribution is 2.31. The molecule has 0 radical (unpaired) electrons. The zero-order valence-corrected chi connectivity index (χ0v) is 16.7. The summed E-state index contributed by atoms with van der Waals surface area (Å²) < 4.78 is 38.9. The number of halogens is 3. The number of benzene rings is 1. The van der Waals surface area contributed by atoms with Crippen LogP contribution in [0.2, 0.25) is 0 Å². The number of anilines is 1. The molecule has 2 aromatic rings. The van der Waals surface area contributed by atoms with Crippen LogP contribution in [0.15, 0.2) is 47.7 Å². The lowest BCUT2D eigenvalue weighted by molar-refractivity contribution is -0.137. The average molecular weight is 405 g/mol. The maximum Gasteiger partial charge on any atom is 0.416 e. The van der Waals surface area contributed by atoms with Crippen LogP contribution in [0.3, 0.4) is 0 Å². The van der Waals surface area contributed by atoms with Gasteiger partial charge < -0.3 is 15.1 Å². The molecule has 8 heteroatoms. The van der Waals surface area contributed by atoms with Crippen LogP contribution >= 0.6 is 0 Å². The van der Waals surface area contributed by atoms with Crippen molar-refractivity contribution in [3.63, 3.8) is 0 Å². The fourth-order valence-electron chi connectivity index (χ4n) is 3.48. The van der Waals surface area contributed by atoms with E-state index < -0.39 is 11.7 Å². The summed E-state index contributed by atoms with van der Waals surface area (Å²) in [6.45, 7) is 5.49. The maximum absolute atomic E-state index is 13.0. The maximum atomic E-state index is 13.0. The standard InChI is InChI=1S/C21H26F3N5/c1-16-15-26-8-6-17(16)7-9-27-20(25-2)29-12-10-28(11-13-29)19-5-3-4-18(14-19)21(22,23)24/h3-6,8,14-15H,7,9-13H2,1-2H3,(H,25,27). The van der Waals surface area contributed by atoms with Crippen molar-refractivity contribution in [1.82, 2.24) is 15.2 Å². The zero-order chi connectivity index (χ0) is 20.9. The second-order valence-electron chi connectivity index (χ2n) is 7.05. The van der Waals surface area contributed by atoms with E-state index in [9.17, 15) is 13.2 Å². The van der Waals surface area contributed by atoms with Crippen LogP contribution in [-0.2, 0) is 12.6 Å². The van der Waals surface area contributed by atoms with E-state index in [2.05, 4.69) is 20.2 Å². The Balaban J connectivity index is 1.53. The summed E-state index contributed by atoms with van der Waals surface area (Å²) >= 11 is 0. The summed E-state index contributed by atoms with van der Waals surface area (Å²) in [6, 6.07) is 7.55. The van der Waals surface area contributed by atoms with Gasteiger partial charge in [-0.1, -0.05) is 6.07 Å². The summed E-state index contributed by atoms with van der Waals surface area (Å²) in [5.41, 5.74) is 2.41. The monoisotopic (exact) mass is 405 g/mol. The number of nitrogens with one attached hydrogen (secondary N) is 1. The molecular weight excluding hydrogens is 379 g/mol. The van der Waals surface area contributed by atoms with Crippen molar-refractivity contribution in [3.05, 3.63) is 59.4 Å². The molecule has 1 aliphatic rings. The number of hydrogen-bond donors (Lipinski definition) is 1. The summed E-state index contributed by atoms with van der Waals surface area (Å²) in [5.74, 6) is 0.820. The van der Waals surface area contributed by atoms with Gasteiger partial charge in [-0.25, -0.2) is 0 Å². The fourth-order valence-corrected chi connectivity index (χ4v) is 3.48. The predicted molar refractivity (Wildman–Crippen MR) is 109 cm³/mol. The third-order valence-corrected chi connectivity index (χ3v) is 5.14. The molecule has 29 heavy (non-hydrogen) atoms. The molecule has 0 spiro atoms.